The quantitative estimate of drug-likeness (QED) is 0.350. The van der Waals surface area contributed by atoms with Gasteiger partial charge in [-0.15, -0.1) is 0 Å². The van der Waals surface area contributed by atoms with Crippen LogP contribution < -0.4 is 14.4 Å². The second-order valence-corrected chi connectivity index (χ2v) is 11.8. The van der Waals surface area contributed by atoms with Crippen molar-refractivity contribution in [3.63, 3.8) is 0 Å². The minimum atomic E-state index is -3.85. The molecule has 39 heavy (non-hydrogen) atoms. The zero-order valence-electron chi connectivity index (χ0n) is 22.5. The fraction of sp³-hybridized carbons (Fsp3) is 0.310. The Balaban J connectivity index is 2.05. The topological polar surface area (TPSA) is 96.0 Å². The van der Waals surface area contributed by atoms with Crippen molar-refractivity contribution in [2.45, 2.75) is 38.9 Å². The Hall–Kier alpha value is -3.56. The van der Waals surface area contributed by atoms with Crippen molar-refractivity contribution >= 4 is 39.1 Å². The van der Waals surface area contributed by atoms with Gasteiger partial charge in [0.2, 0.25) is 21.8 Å². The molecule has 0 aromatic heterocycles. The third kappa shape index (κ3) is 8.46. The number of carbonyl (C=O) groups is 2. The van der Waals surface area contributed by atoms with Crippen LogP contribution in [0.15, 0.2) is 78.9 Å². The first-order valence-electron chi connectivity index (χ1n) is 12.5. The summed E-state index contributed by atoms with van der Waals surface area (Å²) in [7, 11) is -2.34. The lowest BCUT2D eigenvalue weighted by Crippen LogP contribution is -2.54. The van der Waals surface area contributed by atoms with Gasteiger partial charge in [-0.3, -0.25) is 13.9 Å². The highest BCUT2D eigenvalue weighted by Gasteiger charge is 2.33. The number of methoxy groups -OCH3 is 1. The number of ether oxygens (including phenoxy) is 1. The van der Waals surface area contributed by atoms with E-state index in [1.54, 1.807) is 48.5 Å². The van der Waals surface area contributed by atoms with E-state index >= 15 is 0 Å². The Morgan fingerprint density at radius 3 is 2.13 bits per heavy atom. The molecule has 0 aliphatic heterocycles. The summed E-state index contributed by atoms with van der Waals surface area (Å²) in [5.41, 5.74) is 1.79. The third-order valence-electron chi connectivity index (χ3n) is 6.04. The van der Waals surface area contributed by atoms with Gasteiger partial charge in [0, 0.05) is 24.0 Å². The molecule has 0 heterocycles. The van der Waals surface area contributed by atoms with Gasteiger partial charge in [-0.2, -0.15) is 0 Å². The monoisotopic (exact) mass is 571 g/mol. The van der Waals surface area contributed by atoms with Crippen LogP contribution in [-0.2, 0) is 32.6 Å². The van der Waals surface area contributed by atoms with E-state index in [2.05, 4.69) is 5.32 Å². The molecule has 3 aromatic carbocycles. The maximum atomic E-state index is 14.0. The Labute approximate surface area is 235 Å². The molecular formula is C29H34ClN3O5S. The fourth-order valence-electron chi connectivity index (χ4n) is 4.11. The van der Waals surface area contributed by atoms with Crippen LogP contribution in [0.3, 0.4) is 0 Å². The minimum absolute atomic E-state index is 0.0156. The highest BCUT2D eigenvalue weighted by Crippen LogP contribution is 2.24. The van der Waals surface area contributed by atoms with Gasteiger partial charge in [0.1, 0.15) is 18.3 Å². The van der Waals surface area contributed by atoms with E-state index in [0.29, 0.717) is 22.0 Å². The zero-order valence-corrected chi connectivity index (χ0v) is 24.1. The van der Waals surface area contributed by atoms with Crippen LogP contribution in [0, 0.1) is 0 Å². The summed E-state index contributed by atoms with van der Waals surface area (Å²) >= 11 is 6.45. The third-order valence-corrected chi connectivity index (χ3v) is 7.55. The summed E-state index contributed by atoms with van der Waals surface area (Å²) in [5, 5.41) is 3.35. The predicted molar refractivity (Wildman–Crippen MR) is 154 cm³/mol. The Morgan fingerprint density at radius 2 is 1.56 bits per heavy atom. The standard InChI is InChI=1S/C29H34ClN3O5S/c1-21(2)31-29(35)27(18-22-10-6-5-7-11-22)32(19-23-12-8-9-13-26(23)30)28(34)20-33(39(4,36)37)24-14-16-25(38-3)17-15-24/h5-17,21,27H,18-20H2,1-4H3,(H,31,35)/t27-/m0/s1. The lowest BCUT2D eigenvalue weighted by molar-refractivity contribution is -0.140. The maximum Gasteiger partial charge on any atom is 0.244 e. The molecule has 0 saturated heterocycles. The van der Waals surface area contributed by atoms with Crippen LogP contribution in [0.25, 0.3) is 0 Å². The smallest absolute Gasteiger partial charge is 0.244 e. The first-order valence-corrected chi connectivity index (χ1v) is 14.7. The Kier molecular flexibility index (Phi) is 10.4. The highest BCUT2D eigenvalue weighted by atomic mass is 35.5. The fourth-order valence-corrected chi connectivity index (χ4v) is 5.15. The molecule has 1 N–H and O–H groups in total. The first-order chi connectivity index (χ1) is 18.5. The second kappa shape index (κ2) is 13.5. The molecule has 8 nitrogen and oxygen atoms in total. The van der Waals surface area contributed by atoms with E-state index in [0.717, 1.165) is 16.1 Å². The SMILES string of the molecule is COc1ccc(N(CC(=O)N(Cc2ccccc2Cl)[C@@H](Cc2ccccc2)C(=O)NC(C)C)S(C)(=O)=O)cc1. The van der Waals surface area contributed by atoms with Gasteiger partial charge in [0.25, 0.3) is 0 Å². The number of anilines is 1. The van der Waals surface area contributed by atoms with E-state index < -0.39 is 28.5 Å². The number of amides is 2. The van der Waals surface area contributed by atoms with E-state index in [1.165, 1.54) is 12.0 Å². The number of rotatable bonds is 12. The molecule has 1 atom stereocenters. The van der Waals surface area contributed by atoms with Crippen LogP contribution >= 0.6 is 11.6 Å². The molecule has 0 fully saturated rings. The molecule has 3 rings (SSSR count). The molecule has 0 bridgehead atoms. The first kappa shape index (κ1) is 30.0. The van der Waals surface area contributed by atoms with Gasteiger partial charge in [0.05, 0.1) is 19.1 Å². The largest absolute Gasteiger partial charge is 0.497 e. The van der Waals surface area contributed by atoms with Crippen LogP contribution in [-0.4, -0.2) is 57.1 Å². The summed E-state index contributed by atoms with van der Waals surface area (Å²) in [4.78, 5) is 28.9. The number of hydrogen-bond donors (Lipinski definition) is 1. The number of halogens is 1. The molecule has 2 amide bonds. The lowest BCUT2D eigenvalue weighted by Gasteiger charge is -2.34. The van der Waals surface area contributed by atoms with Crippen molar-refractivity contribution in [2.75, 3.05) is 24.2 Å². The van der Waals surface area contributed by atoms with Gasteiger partial charge < -0.3 is 15.0 Å². The average Bonchev–Trinajstić information content (AvgIpc) is 2.89. The maximum absolute atomic E-state index is 14.0. The molecule has 0 radical (unpaired) electrons. The van der Waals surface area contributed by atoms with Crippen LogP contribution in [0.5, 0.6) is 5.75 Å². The van der Waals surface area contributed by atoms with Crippen molar-refractivity contribution in [1.29, 1.82) is 0 Å². The van der Waals surface area contributed by atoms with Crippen molar-refractivity contribution < 1.29 is 22.7 Å². The lowest BCUT2D eigenvalue weighted by atomic mass is 10.0. The molecular weight excluding hydrogens is 538 g/mol. The molecule has 208 valence electrons. The Morgan fingerprint density at radius 1 is 0.949 bits per heavy atom. The molecule has 0 saturated carbocycles. The van der Waals surface area contributed by atoms with Crippen molar-refractivity contribution in [1.82, 2.24) is 10.2 Å². The average molecular weight is 572 g/mol. The highest BCUT2D eigenvalue weighted by molar-refractivity contribution is 7.92. The number of nitrogens with zero attached hydrogens (tertiary/aromatic N) is 2. The number of hydrogen-bond acceptors (Lipinski definition) is 5. The molecule has 0 unspecified atom stereocenters. The number of nitrogens with one attached hydrogen (secondary N) is 1. The normalized spacial score (nSPS) is 12.1. The minimum Gasteiger partial charge on any atom is -0.497 e. The van der Waals surface area contributed by atoms with Gasteiger partial charge in [-0.1, -0.05) is 60.1 Å². The van der Waals surface area contributed by atoms with E-state index in [-0.39, 0.29) is 24.9 Å². The van der Waals surface area contributed by atoms with Crippen LogP contribution in [0.2, 0.25) is 5.02 Å². The van der Waals surface area contributed by atoms with Gasteiger partial charge >= 0.3 is 0 Å². The second-order valence-electron chi connectivity index (χ2n) is 9.45. The van der Waals surface area contributed by atoms with E-state index in [9.17, 15) is 18.0 Å². The summed E-state index contributed by atoms with van der Waals surface area (Å²) in [5.74, 6) is -0.340. The van der Waals surface area contributed by atoms with E-state index in [4.69, 9.17) is 16.3 Å². The summed E-state index contributed by atoms with van der Waals surface area (Å²) in [6.45, 7) is 3.19. The van der Waals surface area contributed by atoms with Crippen LogP contribution in [0.1, 0.15) is 25.0 Å². The molecule has 0 aliphatic carbocycles. The number of benzene rings is 3. The molecule has 0 spiro atoms. The Bertz CT molecular complexity index is 1370. The van der Waals surface area contributed by atoms with E-state index in [1.807, 2.05) is 44.2 Å². The number of sulfonamides is 1. The number of carbonyl (C=O) groups excluding carboxylic acids is 2. The summed E-state index contributed by atoms with van der Waals surface area (Å²) in [6.07, 6.45) is 1.27. The predicted octanol–water partition coefficient (Wildman–Crippen LogP) is 4.28. The van der Waals surface area contributed by atoms with Gasteiger partial charge in [-0.25, -0.2) is 8.42 Å². The van der Waals surface area contributed by atoms with Gasteiger partial charge in [0.15, 0.2) is 0 Å². The van der Waals surface area contributed by atoms with Gasteiger partial charge in [-0.05, 0) is 55.3 Å². The van der Waals surface area contributed by atoms with Crippen molar-refractivity contribution in [2.24, 2.45) is 0 Å². The summed E-state index contributed by atoms with van der Waals surface area (Å²) in [6, 6.07) is 21.7. The zero-order chi connectivity index (χ0) is 28.6. The molecule has 3 aromatic rings. The molecule has 0 aliphatic rings. The van der Waals surface area contributed by atoms with Crippen LogP contribution in [0.4, 0.5) is 5.69 Å². The summed E-state index contributed by atoms with van der Waals surface area (Å²) < 4.78 is 31.8. The molecule has 10 heteroatoms. The van der Waals surface area contributed by atoms with Crippen molar-refractivity contribution in [3.8, 4) is 5.75 Å². The van der Waals surface area contributed by atoms with Crippen molar-refractivity contribution in [3.05, 3.63) is 95.0 Å².